The van der Waals surface area contributed by atoms with Crippen molar-refractivity contribution >= 4 is 33.9 Å². The highest BCUT2D eigenvalue weighted by Gasteiger charge is 2.04. The quantitative estimate of drug-likeness (QED) is 0.742. The molecule has 78 valence electrons. The molecule has 0 radical (unpaired) electrons. The van der Waals surface area contributed by atoms with Crippen LogP contribution in [-0.2, 0) is 10.8 Å². The van der Waals surface area contributed by atoms with Crippen LogP contribution in [-0.4, -0.2) is 32.7 Å². The molecule has 0 aliphatic heterocycles. The van der Waals surface area contributed by atoms with E-state index in [1.54, 1.807) is 6.26 Å². The van der Waals surface area contributed by atoms with Crippen LogP contribution >= 0.6 is 11.6 Å². The van der Waals surface area contributed by atoms with Gasteiger partial charge in [0, 0.05) is 29.4 Å². The minimum Gasteiger partial charge on any atom is -0.393 e. The third kappa shape index (κ3) is 3.12. The average molecular weight is 235 g/mol. The molecule has 0 saturated heterocycles. The topological polar surface area (TPSA) is 80.9 Å². The highest BCUT2D eigenvalue weighted by atomic mass is 35.5. The number of halogens is 1. The second-order valence-corrected chi connectivity index (χ2v) is 4.54. The summed E-state index contributed by atoms with van der Waals surface area (Å²) in [7, 11) is -0.831. The predicted molar refractivity (Wildman–Crippen MR) is 58.9 cm³/mol. The Morgan fingerprint density at radius 2 is 2.36 bits per heavy atom. The molecule has 1 aromatic heterocycles. The monoisotopic (exact) mass is 234 g/mol. The van der Waals surface area contributed by atoms with Crippen LogP contribution in [0.3, 0.4) is 0 Å². The van der Waals surface area contributed by atoms with Gasteiger partial charge in [-0.2, -0.15) is 0 Å². The van der Waals surface area contributed by atoms with Gasteiger partial charge in [0.2, 0.25) is 0 Å². The Hall–Kier alpha value is -0.880. The maximum Gasteiger partial charge on any atom is 0.157 e. The summed E-state index contributed by atoms with van der Waals surface area (Å²) in [5, 5.41) is 3.15. The first-order valence-corrected chi connectivity index (χ1v) is 6.01. The fourth-order valence-electron chi connectivity index (χ4n) is 0.828. The van der Waals surface area contributed by atoms with Crippen LogP contribution < -0.4 is 11.1 Å². The highest BCUT2D eigenvalue weighted by molar-refractivity contribution is 7.84. The van der Waals surface area contributed by atoms with E-state index < -0.39 is 10.8 Å². The van der Waals surface area contributed by atoms with Crippen molar-refractivity contribution in [2.75, 3.05) is 29.6 Å². The molecule has 1 atom stereocenters. The van der Waals surface area contributed by atoms with E-state index >= 15 is 0 Å². The number of anilines is 2. The zero-order valence-corrected chi connectivity index (χ0v) is 9.23. The van der Waals surface area contributed by atoms with Crippen molar-refractivity contribution in [2.24, 2.45) is 0 Å². The predicted octanol–water partition coefficient (Wildman–Crippen LogP) is 0.503. The Kier molecular flexibility index (Phi) is 4.09. The van der Waals surface area contributed by atoms with E-state index in [0.29, 0.717) is 23.8 Å². The van der Waals surface area contributed by atoms with Crippen LogP contribution in [0.1, 0.15) is 0 Å². The lowest BCUT2D eigenvalue weighted by Crippen LogP contribution is -2.12. The average Bonchev–Trinajstić information content (AvgIpc) is 2.12. The molecule has 0 aliphatic carbocycles. The molecule has 0 fully saturated rings. The first kappa shape index (κ1) is 11.2. The summed E-state index contributed by atoms with van der Waals surface area (Å²) in [6, 6.07) is 0. The summed E-state index contributed by atoms with van der Waals surface area (Å²) < 4.78 is 10.8. The van der Waals surface area contributed by atoms with Crippen LogP contribution in [0.5, 0.6) is 0 Å². The zero-order valence-electron chi connectivity index (χ0n) is 7.66. The lowest BCUT2D eigenvalue weighted by Gasteiger charge is -2.06. The molecule has 1 heterocycles. The van der Waals surface area contributed by atoms with Gasteiger partial charge in [0.15, 0.2) is 11.0 Å². The van der Waals surface area contributed by atoms with Crippen molar-refractivity contribution in [1.29, 1.82) is 0 Å². The number of hydrogen-bond acceptors (Lipinski definition) is 5. The standard InChI is InChI=1S/C7H11ClN4OS/c1-14(13)3-2-10-7-5(9)6(8)11-4-12-7/h4H,2-3,9H2,1H3,(H,10,11,12). The minimum absolute atomic E-state index is 0.222. The highest BCUT2D eigenvalue weighted by Crippen LogP contribution is 2.21. The number of rotatable bonds is 4. The Labute approximate surface area is 89.5 Å². The van der Waals surface area contributed by atoms with E-state index in [9.17, 15) is 4.21 Å². The molecule has 1 unspecified atom stereocenters. The summed E-state index contributed by atoms with van der Waals surface area (Å²) in [6.07, 6.45) is 2.96. The van der Waals surface area contributed by atoms with Gasteiger partial charge >= 0.3 is 0 Å². The maximum absolute atomic E-state index is 10.8. The van der Waals surface area contributed by atoms with E-state index in [1.165, 1.54) is 6.33 Å². The Bertz CT molecular complexity index is 346. The van der Waals surface area contributed by atoms with Gasteiger partial charge in [0.05, 0.1) is 0 Å². The summed E-state index contributed by atoms with van der Waals surface area (Å²) in [5.74, 6) is 1.02. The number of nitrogens with two attached hydrogens (primary N) is 1. The number of aromatic nitrogens is 2. The number of nitrogen functional groups attached to an aromatic ring is 1. The van der Waals surface area contributed by atoms with E-state index in [4.69, 9.17) is 17.3 Å². The smallest absolute Gasteiger partial charge is 0.157 e. The number of nitrogens with one attached hydrogen (secondary N) is 1. The SMILES string of the molecule is CS(=O)CCNc1ncnc(Cl)c1N. The molecule has 0 aliphatic rings. The van der Waals surface area contributed by atoms with Crippen molar-refractivity contribution in [3.8, 4) is 0 Å². The normalized spacial score (nSPS) is 12.4. The van der Waals surface area contributed by atoms with Gasteiger partial charge in [-0.3, -0.25) is 4.21 Å². The van der Waals surface area contributed by atoms with Gasteiger partial charge in [-0.25, -0.2) is 9.97 Å². The molecule has 7 heteroatoms. The van der Waals surface area contributed by atoms with Crippen LogP contribution in [0.4, 0.5) is 11.5 Å². The van der Waals surface area contributed by atoms with Crippen molar-refractivity contribution in [3.05, 3.63) is 11.5 Å². The molecule has 0 saturated carbocycles. The van der Waals surface area contributed by atoms with Gasteiger partial charge in [0.25, 0.3) is 0 Å². The number of nitrogens with zero attached hydrogens (tertiary/aromatic N) is 2. The Morgan fingerprint density at radius 1 is 1.64 bits per heavy atom. The minimum atomic E-state index is -0.831. The third-order valence-corrected chi connectivity index (χ3v) is 2.60. The second-order valence-electron chi connectivity index (χ2n) is 2.63. The fraction of sp³-hybridized carbons (Fsp3) is 0.429. The lowest BCUT2D eigenvalue weighted by molar-refractivity contribution is 0.687. The summed E-state index contributed by atoms with van der Waals surface area (Å²) in [6.45, 7) is 0.542. The van der Waals surface area contributed by atoms with E-state index in [0.717, 1.165) is 0 Å². The van der Waals surface area contributed by atoms with E-state index in [2.05, 4.69) is 15.3 Å². The molecule has 0 amide bonds. The van der Waals surface area contributed by atoms with Crippen LogP contribution in [0.25, 0.3) is 0 Å². The molecule has 0 aromatic carbocycles. The molecule has 3 N–H and O–H groups in total. The van der Waals surface area contributed by atoms with Gasteiger partial charge < -0.3 is 11.1 Å². The molecule has 1 rings (SSSR count). The summed E-state index contributed by atoms with van der Waals surface area (Å²) in [5.41, 5.74) is 5.92. The summed E-state index contributed by atoms with van der Waals surface area (Å²) in [4.78, 5) is 7.62. The van der Waals surface area contributed by atoms with Crippen LogP contribution in [0.15, 0.2) is 6.33 Å². The van der Waals surface area contributed by atoms with Crippen molar-refractivity contribution in [1.82, 2.24) is 9.97 Å². The first-order chi connectivity index (χ1) is 6.61. The molecule has 0 spiro atoms. The van der Waals surface area contributed by atoms with Crippen molar-refractivity contribution in [3.63, 3.8) is 0 Å². The molecule has 14 heavy (non-hydrogen) atoms. The number of hydrogen-bond donors (Lipinski definition) is 2. The van der Waals surface area contributed by atoms with Gasteiger partial charge in [-0.1, -0.05) is 11.6 Å². The third-order valence-electron chi connectivity index (χ3n) is 1.52. The largest absolute Gasteiger partial charge is 0.393 e. The van der Waals surface area contributed by atoms with Crippen LogP contribution in [0, 0.1) is 0 Å². The van der Waals surface area contributed by atoms with Gasteiger partial charge in [0.1, 0.15) is 12.0 Å². The van der Waals surface area contributed by atoms with Crippen molar-refractivity contribution < 1.29 is 4.21 Å². The first-order valence-electron chi connectivity index (χ1n) is 3.91. The lowest BCUT2D eigenvalue weighted by atomic mass is 10.5. The molecule has 5 nitrogen and oxygen atoms in total. The fourth-order valence-corrected chi connectivity index (χ4v) is 1.35. The molecule has 0 bridgehead atoms. The Balaban J connectivity index is 2.59. The molecular weight excluding hydrogens is 224 g/mol. The summed E-state index contributed by atoms with van der Waals surface area (Å²) >= 11 is 5.68. The van der Waals surface area contributed by atoms with Crippen molar-refractivity contribution in [2.45, 2.75) is 0 Å². The molecular formula is C7H11ClN4OS. The van der Waals surface area contributed by atoms with Gasteiger partial charge in [-0.05, 0) is 0 Å². The Morgan fingerprint density at radius 3 is 3.00 bits per heavy atom. The zero-order chi connectivity index (χ0) is 10.6. The van der Waals surface area contributed by atoms with Gasteiger partial charge in [-0.15, -0.1) is 0 Å². The van der Waals surface area contributed by atoms with Crippen LogP contribution in [0.2, 0.25) is 5.15 Å². The second kappa shape index (κ2) is 5.11. The maximum atomic E-state index is 10.8. The van der Waals surface area contributed by atoms with E-state index in [-0.39, 0.29) is 5.15 Å². The molecule has 1 aromatic rings. The van der Waals surface area contributed by atoms with E-state index in [1.807, 2.05) is 0 Å².